The topological polar surface area (TPSA) is 51.5 Å². The third kappa shape index (κ3) is 3.68. The van der Waals surface area contributed by atoms with Gasteiger partial charge in [-0.05, 0) is 35.7 Å². The minimum atomic E-state index is -0.316. The van der Waals surface area contributed by atoms with Crippen molar-refractivity contribution in [3.63, 3.8) is 0 Å². The highest BCUT2D eigenvalue weighted by Crippen LogP contribution is 2.37. The van der Waals surface area contributed by atoms with Gasteiger partial charge in [-0.25, -0.2) is 0 Å². The van der Waals surface area contributed by atoms with Crippen LogP contribution in [0.3, 0.4) is 0 Å². The lowest BCUT2D eigenvalue weighted by Gasteiger charge is -2.21. The Morgan fingerprint density at radius 3 is 2.41 bits per heavy atom. The second-order valence-corrected chi connectivity index (χ2v) is 7.85. The van der Waals surface area contributed by atoms with E-state index in [-0.39, 0.29) is 17.7 Å². The number of fused-ring (bicyclic) bond motifs is 3. The zero-order chi connectivity index (χ0) is 20.5. The number of nitrogens with one attached hydrogen (secondary N) is 1. The summed E-state index contributed by atoms with van der Waals surface area (Å²) in [6.45, 7) is 4.05. The molecule has 1 atom stereocenters. The number of ether oxygens (including phenoxy) is 1. The van der Waals surface area contributed by atoms with Gasteiger partial charge in [0, 0.05) is 21.9 Å². The van der Waals surface area contributed by atoms with Crippen LogP contribution < -0.4 is 10.1 Å². The maximum atomic E-state index is 13.2. The van der Waals surface area contributed by atoms with Crippen molar-refractivity contribution >= 4 is 45.1 Å². The van der Waals surface area contributed by atoms with E-state index < -0.39 is 0 Å². The van der Waals surface area contributed by atoms with Crippen molar-refractivity contribution in [1.29, 1.82) is 0 Å². The Morgan fingerprint density at radius 2 is 1.72 bits per heavy atom. The number of furan rings is 1. The number of hydrogen-bond donors (Lipinski definition) is 1. The lowest BCUT2D eigenvalue weighted by Crippen LogP contribution is -2.25. The molecule has 1 heterocycles. The van der Waals surface area contributed by atoms with Crippen LogP contribution >= 0.6 is 11.6 Å². The fourth-order valence-corrected chi connectivity index (χ4v) is 3.86. The van der Waals surface area contributed by atoms with Crippen LogP contribution in [0.1, 0.15) is 25.3 Å². The van der Waals surface area contributed by atoms with Gasteiger partial charge in [-0.3, -0.25) is 4.79 Å². The summed E-state index contributed by atoms with van der Waals surface area (Å²) in [5.41, 5.74) is 3.01. The zero-order valence-electron chi connectivity index (χ0n) is 16.5. The van der Waals surface area contributed by atoms with Crippen molar-refractivity contribution < 1.29 is 13.9 Å². The summed E-state index contributed by atoms with van der Waals surface area (Å²) in [4.78, 5) is 13.2. The number of methoxy groups -OCH3 is 1. The van der Waals surface area contributed by atoms with Crippen molar-refractivity contribution in [2.45, 2.75) is 19.8 Å². The van der Waals surface area contributed by atoms with Gasteiger partial charge in [0.2, 0.25) is 5.91 Å². The Bertz CT molecular complexity index is 1180. The van der Waals surface area contributed by atoms with Gasteiger partial charge in [-0.1, -0.05) is 55.8 Å². The molecule has 0 radical (unpaired) electrons. The van der Waals surface area contributed by atoms with Crippen LogP contribution in [0, 0.1) is 5.92 Å². The van der Waals surface area contributed by atoms with E-state index in [1.807, 2.05) is 62.4 Å². The molecule has 5 heteroatoms. The molecule has 1 aromatic heterocycles. The van der Waals surface area contributed by atoms with Crippen molar-refractivity contribution in [2.24, 2.45) is 5.92 Å². The third-order valence-corrected chi connectivity index (χ3v) is 5.39. The van der Waals surface area contributed by atoms with E-state index in [9.17, 15) is 4.79 Å². The fourth-order valence-electron chi connectivity index (χ4n) is 3.74. The van der Waals surface area contributed by atoms with E-state index in [2.05, 4.69) is 5.32 Å². The van der Waals surface area contributed by atoms with Gasteiger partial charge in [0.05, 0.1) is 18.7 Å². The summed E-state index contributed by atoms with van der Waals surface area (Å²) in [5.74, 6) is 0.285. The first kappa shape index (κ1) is 19.3. The van der Waals surface area contributed by atoms with E-state index >= 15 is 0 Å². The smallest absolute Gasteiger partial charge is 0.232 e. The minimum absolute atomic E-state index is 0.101. The van der Waals surface area contributed by atoms with Gasteiger partial charge >= 0.3 is 0 Å². The van der Waals surface area contributed by atoms with E-state index in [1.165, 1.54) is 0 Å². The maximum absolute atomic E-state index is 13.2. The first-order valence-corrected chi connectivity index (χ1v) is 9.91. The normalized spacial score (nSPS) is 12.4. The first-order chi connectivity index (χ1) is 14.0. The summed E-state index contributed by atoms with van der Waals surface area (Å²) < 4.78 is 11.5. The molecule has 4 rings (SSSR count). The summed E-state index contributed by atoms with van der Waals surface area (Å²) in [5, 5.41) is 5.65. The van der Waals surface area contributed by atoms with Crippen LogP contribution in [-0.4, -0.2) is 13.0 Å². The quantitative estimate of drug-likeness (QED) is 0.404. The zero-order valence-corrected chi connectivity index (χ0v) is 17.3. The lowest BCUT2D eigenvalue weighted by molar-refractivity contribution is -0.118. The van der Waals surface area contributed by atoms with Gasteiger partial charge in [0.1, 0.15) is 16.9 Å². The monoisotopic (exact) mass is 407 g/mol. The number of carbonyl (C=O) groups is 1. The van der Waals surface area contributed by atoms with Gasteiger partial charge in [0.15, 0.2) is 0 Å². The molecule has 0 fully saturated rings. The summed E-state index contributed by atoms with van der Waals surface area (Å²) >= 11 is 6.01. The predicted molar refractivity (Wildman–Crippen MR) is 118 cm³/mol. The Morgan fingerprint density at radius 1 is 1.00 bits per heavy atom. The average Bonchev–Trinajstić information content (AvgIpc) is 3.06. The number of halogens is 1. The number of anilines is 1. The van der Waals surface area contributed by atoms with Crippen LogP contribution in [0.15, 0.2) is 65.1 Å². The van der Waals surface area contributed by atoms with Crippen LogP contribution in [0.2, 0.25) is 5.02 Å². The predicted octanol–water partition coefficient (Wildman–Crippen LogP) is 6.63. The second kappa shape index (κ2) is 7.80. The van der Waals surface area contributed by atoms with E-state index in [0.717, 1.165) is 21.9 Å². The Kier molecular flexibility index (Phi) is 5.20. The summed E-state index contributed by atoms with van der Waals surface area (Å²) in [6, 6.07) is 19.0. The van der Waals surface area contributed by atoms with Gasteiger partial charge < -0.3 is 14.5 Å². The fraction of sp³-hybridized carbons (Fsp3) is 0.208. The molecule has 0 aliphatic carbocycles. The largest absolute Gasteiger partial charge is 0.495 e. The molecule has 29 heavy (non-hydrogen) atoms. The van der Waals surface area contributed by atoms with Gasteiger partial charge in [-0.15, -0.1) is 0 Å². The van der Waals surface area contributed by atoms with Crippen molar-refractivity contribution in [2.75, 3.05) is 12.4 Å². The highest BCUT2D eigenvalue weighted by molar-refractivity contribution is 6.30. The van der Waals surface area contributed by atoms with Gasteiger partial charge in [-0.2, -0.15) is 0 Å². The van der Waals surface area contributed by atoms with Crippen molar-refractivity contribution in [3.8, 4) is 5.75 Å². The number of hydrogen-bond acceptors (Lipinski definition) is 3. The Balaban J connectivity index is 1.72. The average molecular weight is 408 g/mol. The standard InChI is InChI=1S/C24H22ClNO3/c1-14(2)23(15-8-10-16(25)11-9-15)24(27)26-19-13-21-18(12-22(19)28-3)17-6-4-5-7-20(17)29-21/h4-14,23H,1-3H3,(H,26,27)/t23-/m1/s1. The molecule has 0 bridgehead atoms. The molecule has 1 amide bonds. The van der Waals surface area contributed by atoms with Crippen LogP contribution in [0.4, 0.5) is 5.69 Å². The molecule has 0 unspecified atom stereocenters. The van der Waals surface area contributed by atoms with E-state index in [4.69, 9.17) is 20.8 Å². The molecule has 3 aromatic carbocycles. The van der Waals surface area contributed by atoms with E-state index in [1.54, 1.807) is 19.2 Å². The maximum Gasteiger partial charge on any atom is 0.232 e. The van der Waals surface area contributed by atoms with Crippen molar-refractivity contribution in [3.05, 3.63) is 71.2 Å². The first-order valence-electron chi connectivity index (χ1n) is 9.53. The van der Waals surface area contributed by atoms with Gasteiger partial charge in [0.25, 0.3) is 0 Å². The second-order valence-electron chi connectivity index (χ2n) is 7.41. The lowest BCUT2D eigenvalue weighted by atomic mass is 9.87. The molecule has 0 saturated heterocycles. The summed E-state index contributed by atoms with van der Waals surface area (Å²) in [6.07, 6.45) is 0. The molecule has 0 spiro atoms. The molecule has 0 aliphatic rings. The molecular weight excluding hydrogens is 386 g/mol. The molecule has 148 valence electrons. The molecule has 4 nitrogen and oxygen atoms in total. The number of rotatable bonds is 5. The Labute approximate surface area is 174 Å². The number of benzene rings is 3. The van der Waals surface area contributed by atoms with Crippen molar-refractivity contribution in [1.82, 2.24) is 0 Å². The molecular formula is C24H22ClNO3. The molecule has 4 aromatic rings. The summed E-state index contributed by atoms with van der Waals surface area (Å²) in [7, 11) is 1.60. The highest BCUT2D eigenvalue weighted by Gasteiger charge is 2.25. The van der Waals surface area contributed by atoms with E-state index in [0.29, 0.717) is 22.0 Å². The molecule has 1 N–H and O–H groups in total. The Hall–Kier alpha value is -2.98. The SMILES string of the molecule is COc1cc2c(cc1NC(=O)[C@@H](c1ccc(Cl)cc1)C(C)C)oc1ccccc12. The number of amides is 1. The van der Waals surface area contributed by atoms with Crippen LogP contribution in [0.5, 0.6) is 5.75 Å². The minimum Gasteiger partial charge on any atom is -0.495 e. The van der Waals surface area contributed by atoms with Crippen LogP contribution in [0.25, 0.3) is 21.9 Å². The number of carbonyl (C=O) groups excluding carboxylic acids is 1. The third-order valence-electron chi connectivity index (χ3n) is 5.13. The van der Waals surface area contributed by atoms with Crippen LogP contribution in [-0.2, 0) is 4.79 Å². The highest BCUT2D eigenvalue weighted by atomic mass is 35.5. The molecule has 0 aliphatic heterocycles. The number of para-hydroxylation sites is 1. The molecule has 0 saturated carbocycles.